The maximum atomic E-state index is 11.9. The first-order valence-electron chi connectivity index (χ1n) is 6.59. The van der Waals surface area contributed by atoms with Gasteiger partial charge in [0.1, 0.15) is 0 Å². The van der Waals surface area contributed by atoms with Gasteiger partial charge in [0.05, 0.1) is 13.2 Å². The van der Waals surface area contributed by atoms with Crippen LogP contribution in [-0.4, -0.2) is 67.7 Å². The fraction of sp³-hybridized carbons (Fsp3) is 0.917. The van der Waals surface area contributed by atoms with Gasteiger partial charge in [0.15, 0.2) is 0 Å². The zero-order chi connectivity index (χ0) is 12.1. The summed E-state index contributed by atoms with van der Waals surface area (Å²) in [5, 5.41) is 0. The summed E-state index contributed by atoms with van der Waals surface area (Å²) < 4.78 is 5.23. The van der Waals surface area contributed by atoms with Crippen LogP contribution in [0.2, 0.25) is 0 Å². The van der Waals surface area contributed by atoms with E-state index in [2.05, 4.69) is 4.90 Å². The van der Waals surface area contributed by atoms with Crippen molar-refractivity contribution in [1.82, 2.24) is 9.80 Å². The van der Waals surface area contributed by atoms with E-state index in [0.717, 1.165) is 45.6 Å². The van der Waals surface area contributed by atoms with Crippen LogP contribution in [0.4, 0.5) is 0 Å². The molecule has 5 nitrogen and oxygen atoms in total. The van der Waals surface area contributed by atoms with Crippen molar-refractivity contribution in [3.05, 3.63) is 0 Å². The van der Waals surface area contributed by atoms with Gasteiger partial charge >= 0.3 is 0 Å². The van der Waals surface area contributed by atoms with E-state index in [9.17, 15) is 4.79 Å². The van der Waals surface area contributed by atoms with Crippen LogP contribution in [0, 0.1) is 0 Å². The topological polar surface area (TPSA) is 58.8 Å². The molecule has 1 atom stereocenters. The van der Waals surface area contributed by atoms with Crippen molar-refractivity contribution in [2.24, 2.45) is 5.73 Å². The van der Waals surface area contributed by atoms with Crippen LogP contribution in [0.3, 0.4) is 0 Å². The van der Waals surface area contributed by atoms with Gasteiger partial charge in [-0.15, -0.1) is 0 Å². The summed E-state index contributed by atoms with van der Waals surface area (Å²) in [6, 6.07) is 0.338. The fourth-order valence-corrected chi connectivity index (χ4v) is 2.49. The number of ether oxygens (including phenoxy) is 1. The Balaban J connectivity index is 1.59. The van der Waals surface area contributed by atoms with E-state index in [1.54, 1.807) is 0 Å². The molecule has 0 aliphatic carbocycles. The molecular formula is C12H23N3O2. The summed E-state index contributed by atoms with van der Waals surface area (Å²) in [4.78, 5) is 16.1. The van der Waals surface area contributed by atoms with Crippen LogP contribution in [0.1, 0.15) is 19.3 Å². The predicted molar refractivity (Wildman–Crippen MR) is 65.7 cm³/mol. The second-order valence-corrected chi connectivity index (χ2v) is 4.95. The van der Waals surface area contributed by atoms with Crippen molar-refractivity contribution in [3.8, 4) is 0 Å². The predicted octanol–water partition coefficient (Wildman–Crippen LogP) is -0.342. The molecule has 0 spiro atoms. The Morgan fingerprint density at radius 2 is 2.06 bits per heavy atom. The van der Waals surface area contributed by atoms with Crippen LogP contribution in [0.15, 0.2) is 0 Å². The van der Waals surface area contributed by atoms with Gasteiger partial charge in [0, 0.05) is 32.1 Å². The molecule has 17 heavy (non-hydrogen) atoms. The first kappa shape index (κ1) is 12.8. The molecule has 1 amide bonds. The molecule has 5 heteroatoms. The Morgan fingerprint density at radius 3 is 2.71 bits per heavy atom. The molecule has 0 radical (unpaired) electrons. The van der Waals surface area contributed by atoms with Gasteiger partial charge < -0.3 is 20.3 Å². The second kappa shape index (κ2) is 6.33. The maximum absolute atomic E-state index is 11.9. The molecule has 2 N–H and O–H groups in total. The smallest absolute Gasteiger partial charge is 0.222 e. The van der Waals surface area contributed by atoms with Crippen LogP contribution in [0.5, 0.6) is 0 Å². The molecule has 0 aromatic carbocycles. The highest BCUT2D eigenvalue weighted by Crippen LogP contribution is 2.09. The minimum atomic E-state index is 0.275. The molecule has 0 bridgehead atoms. The minimum absolute atomic E-state index is 0.275. The molecule has 2 fully saturated rings. The molecular weight excluding hydrogens is 218 g/mol. The zero-order valence-electron chi connectivity index (χ0n) is 10.4. The first-order chi connectivity index (χ1) is 8.25. The van der Waals surface area contributed by atoms with Gasteiger partial charge in [0.25, 0.3) is 0 Å². The Hall–Kier alpha value is -0.650. The number of carbonyl (C=O) groups is 1. The van der Waals surface area contributed by atoms with Crippen molar-refractivity contribution in [3.63, 3.8) is 0 Å². The van der Waals surface area contributed by atoms with Crippen LogP contribution < -0.4 is 5.73 Å². The lowest BCUT2D eigenvalue weighted by atomic mass is 10.2. The monoisotopic (exact) mass is 241 g/mol. The van der Waals surface area contributed by atoms with Gasteiger partial charge in [0.2, 0.25) is 5.91 Å². The van der Waals surface area contributed by atoms with Gasteiger partial charge in [-0.05, 0) is 25.9 Å². The summed E-state index contributed by atoms with van der Waals surface area (Å²) in [5.74, 6) is 0.275. The number of carbonyl (C=O) groups excluding carboxylic acids is 1. The van der Waals surface area contributed by atoms with E-state index in [4.69, 9.17) is 10.5 Å². The Bertz CT molecular complexity index is 254. The van der Waals surface area contributed by atoms with E-state index in [-0.39, 0.29) is 5.91 Å². The van der Waals surface area contributed by atoms with Gasteiger partial charge in [-0.3, -0.25) is 4.79 Å². The van der Waals surface area contributed by atoms with Crippen LogP contribution >= 0.6 is 0 Å². The molecule has 0 aromatic heterocycles. The highest BCUT2D eigenvalue weighted by atomic mass is 16.5. The third kappa shape index (κ3) is 3.94. The Labute approximate surface area is 103 Å². The number of nitrogens with two attached hydrogens (primary N) is 1. The number of hydrogen-bond acceptors (Lipinski definition) is 4. The zero-order valence-corrected chi connectivity index (χ0v) is 10.4. The summed E-state index contributed by atoms with van der Waals surface area (Å²) in [6.07, 6.45) is 2.70. The molecule has 0 unspecified atom stereocenters. The minimum Gasteiger partial charge on any atom is -0.378 e. The van der Waals surface area contributed by atoms with E-state index in [1.165, 1.54) is 0 Å². The average molecular weight is 241 g/mol. The lowest BCUT2D eigenvalue weighted by molar-refractivity contribution is -0.135. The molecule has 2 heterocycles. The lowest BCUT2D eigenvalue weighted by Gasteiger charge is -2.27. The van der Waals surface area contributed by atoms with Gasteiger partial charge in [-0.2, -0.15) is 0 Å². The number of nitrogens with zero attached hydrogens (tertiary/aromatic N) is 2. The third-order valence-corrected chi connectivity index (χ3v) is 3.54. The van der Waals surface area contributed by atoms with E-state index >= 15 is 0 Å². The number of amides is 1. The van der Waals surface area contributed by atoms with Crippen LogP contribution in [0.25, 0.3) is 0 Å². The van der Waals surface area contributed by atoms with Crippen molar-refractivity contribution in [2.45, 2.75) is 25.3 Å². The highest BCUT2D eigenvalue weighted by molar-refractivity contribution is 5.76. The molecule has 2 saturated heterocycles. The Kier molecular flexibility index (Phi) is 4.76. The molecule has 0 aromatic rings. The number of likely N-dealkylation sites (tertiary alicyclic amines) is 1. The normalized spacial score (nSPS) is 26.4. The van der Waals surface area contributed by atoms with E-state index < -0.39 is 0 Å². The van der Waals surface area contributed by atoms with Crippen LogP contribution in [-0.2, 0) is 9.53 Å². The van der Waals surface area contributed by atoms with E-state index in [1.807, 2.05) is 4.90 Å². The van der Waals surface area contributed by atoms with Crippen molar-refractivity contribution in [1.29, 1.82) is 0 Å². The standard InChI is InChI=1S/C12H23N3O2/c13-11-3-5-14(10-11)4-1-2-12(16)15-6-8-17-9-7-15/h11H,1-10,13H2/t11-/m1/s1. The quantitative estimate of drug-likeness (QED) is 0.731. The molecule has 98 valence electrons. The van der Waals surface area contributed by atoms with E-state index in [0.29, 0.717) is 25.7 Å². The second-order valence-electron chi connectivity index (χ2n) is 4.95. The molecule has 0 saturated carbocycles. The lowest BCUT2D eigenvalue weighted by Crippen LogP contribution is -2.40. The molecule has 2 aliphatic heterocycles. The SMILES string of the molecule is N[C@@H]1CCN(CCCC(=O)N2CCOCC2)C1. The van der Waals surface area contributed by atoms with Crippen molar-refractivity contribution < 1.29 is 9.53 Å². The van der Waals surface area contributed by atoms with Crippen molar-refractivity contribution >= 4 is 5.91 Å². The summed E-state index contributed by atoms with van der Waals surface area (Å²) in [6.45, 7) is 5.97. The van der Waals surface area contributed by atoms with Crippen molar-refractivity contribution in [2.75, 3.05) is 45.9 Å². The summed E-state index contributed by atoms with van der Waals surface area (Å²) in [7, 11) is 0. The number of rotatable bonds is 4. The Morgan fingerprint density at radius 1 is 1.29 bits per heavy atom. The largest absolute Gasteiger partial charge is 0.378 e. The average Bonchev–Trinajstić information content (AvgIpc) is 2.76. The number of hydrogen-bond donors (Lipinski definition) is 1. The van der Waals surface area contributed by atoms with Gasteiger partial charge in [-0.25, -0.2) is 0 Å². The summed E-state index contributed by atoms with van der Waals surface area (Å²) >= 11 is 0. The molecule has 2 aliphatic rings. The third-order valence-electron chi connectivity index (χ3n) is 3.54. The number of morpholine rings is 1. The molecule has 2 rings (SSSR count). The highest BCUT2D eigenvalue weighted by Gasteiger charge is 2.20. The maximum Gasteiger partial charge on any atom is 0.222 e. The first-order valence-corrected chi connectivity index (χ1v) is 6.59. The fourth-order valence-electron chi connectivity index (χ4n) is 2.49. The van der Waals surface area contributed by atoms with Gasteiger partial charge in [-0.1, -0.05) is 0 Å². The summed E-state index contributed by atoms with van der Waals surface area (Å²) in [5.41, 5.74) is 5.84.